The van der Waals surface area contributed by atoms with Gasteiger partial charge in [-0.15, -0.1) is 0 Å². The Balaban J connectivity index is 1.56. The SMILES string of the molecule is CC(C(=O)N1CCCC(COc2ccccc2)C1)c1ccncc1. The molecule has 4 nitrogen and oxygen atoms in total. The molecule has 2 atom stereocenters. The second kappa shape index (κ2) is 7.95. The zero-order valence-corrected chi connectivity index (χ0v) is 14.1. The van der Waals surface area contributed by atoms with E-state index in [1.54, 1.807) is 12.4 Å². The lowest BCUT2D eigenvalue weighted by Crippen LogP contribution is -2.43. The summed E-state index contributed by atoms with van der Waals surface area (Å²) >= 11 is 0. The summed E-state index contributed by atoms with van der Waals surface area (Å²) in [6, 6.07) is 13.7. The van der Waals surface area contributed by atoms with Crippen molar-refractivity contribution >= 4 is 5.91 Å². The summed E-state index contributed by atoms with van der Waals surface area (Å²) in [4.78, 5) is 18.8. The van der Waals surface area contributed by atoms with Crippen molar-refractivity contribution in [2.45, 2.75) is 25.7 Å². The average Bonchev–Trinajstić information content (AvgIpc) is 2.67. The van der Waals surface area contributed by atoms with Crippen molar-refractivity contribution in [1.82, 2.24) is 9.88 Å². The van der Waals surface area contributed by atoms with Gasteiger partial charge in [0.25, 0.3) is 0 Å². The number of nitrogens with zero attached hydrogens (tertiary/aromatic N) is 2. The molecule has 4 heteroatoms. The highest BCUT2D eigenvalue weighted by molar-refractivity contribution is 5.83. The van der Waals surface area contributed by atoms with Crippen LogP contribution < -0.4 is 4.74 Å². The molecular formula is C20H24N2O2. The summed E-state index contributed by atoms with van der Waals surface area (Å²) in [5.41, 5.74) is 1.03. The van der Waals surface area contributed by atoms with E-state index in [4.69, 9.17) is 4.74 Å². The van der Waals surface area contributed by atoms with Gasteiger partial charge in [-0.3, -0.25) is 9.78 Å². The van der Waals surface area contributed by atoms with Crippen LogP contribution >= 0.6 is 0 Å². The number of likely N-dealkylation sites (tertiary alicyclic amines) is 1. The Kier molecular flexibility index (Phi) is 5.47. The zero-order chi connectivity index (χ0) is 16.8. The van der Waals surface area contributed by atoms with Crippen molar-refractivity contribution < 1.29 is 9.53 Å². The molecule has 0 radical (unpaired) electrons. The number of benzene rings is 1. The fraction of sp³-hybridized carbons (Fsp3) is 0.400. The summed E-state index contributed by atoms with van der Waals surface area (Å²) in [6.07, 6.45) is 5.63. The second-order valence-electron chi connectivity index (χ2n) is 6.42. The van der Waals surface area contributed by atoms with Crippen molar-refractivity contribution in [3.05, 3.63) is 60.4 Å². The number of ether oxygens (including phenoxy) is 1. The van der Waals surface area contributed by atoms with Crippen LogP contribution in [0.5, 0.6) is 5.75 Å². The third kappa shape index (κ3) is 4.13. The Morgan fingerprint density at radius 2 is 2.00 bits per heavy atom. The number of pyridine rings is 1. The van der Waals surface area contributed by atoms with Gasteiger partial charge in [0.05, 0.1) is 12.5 Å². The number of rotatable bonds is 5. The fourth-order valence-electron chi connectivity index (χ4n) is 3.20. The number of hydrogen-bond donors (Lipinski definition) is 0. The number of carbonyl (C=O) groups excluding carboxylic acids is 1. The maximum atomic E-state index is 12.8. The summed E-state index contributed by atoms with van der Waals surface area (Å²) in [5.74, 6) is 1.37. The van der Waals surface area contributed by atoms with Crippen LogP contribution in [0.15, 0.2) is 54.9 Å². The van der Waals surface area contributed by atoms with E-state index in [0.717, 1.165) is 37.2 Å². The number of carbonyl (C=O) groups is 1. The number of aromatic nitrogens is 1. The molecule has 0 spiro atoms. The Bertz CT molecular complexity index is 645. The molecule has 2 unspecified atom stereocenters. The van der Waals surface area contributed by atoms with Crippen molar-refractivity contribution in [2.75, 3.05) is 19.7 Å². The molecule has 2 aromatic rings. The van der Waals surface area contributed by atoms with E-state index in [1.807, 2.05) is 54.3 Å². The number of amides is 1. The number of para-hydroxylation sites is 1. The van der Waals surface area contributed by atoms with Gasteiger partial charge in [-0.05, 0) is 49.6 Å². The molecule has 1 saturated heterocycles. The Morgan fingerprint density at radius 1 is 1.25 bits per heavy atom. The molecule has 0 aliphatic carbocycles. The first-order valence-electron chi connectivity index (χ1n) is 8.60. The minimum atomic E-state index is -0.123. The lowest BCUT2D eigenvalue weighted by molar-refractivity contribution is -0.134. The van der Waals surface area contributed by atoms with Gasteiger partial charge < -0.3 is 9.64 Å². The summed E-state index contributed by atoms with van der Waals surface area (Å²) in [5, 5.41) is 0. The Labute approximate surface area is 143 Å². The van der Waals surface area contributed by atoms with Gasteiger partial charge in [0, 0.05) is 31.4 Å². The molecule has 1 aromatic carbocycles. The molecule has 2 heterocycles. The molecule has 126 valence electrons. The third-order valence-electron chi connectivity index (χ3n) is 4.64. The van der Waals surface area contributed by atoms with Crippen molar-refractivity contribution in [1.29, 1.82) is 0 Å². The summed E-state index contributed by atoms with van der Waals surface area (Å²) < 4.78 is 5.87. The van der Waals surface area contributed by atoms with Crippen LogP contribution in [0, 0.1) is 5.92 Å². The first kappa shape index (κ1) is 16.5. The first-order valence-corrected chi connectivity index (χ1v) is 8.60. The van der Waals surface area contributed by atoms with Gasteiger partial charge >= 0.3 is 0 Å². The monoisotopic (exact) mass is 324 g/mol. The molecule has 1 amide bonds. The minimum absolute atomic E-state index is 0.123. The van der Waals surface area contributed by atoms with Crippen LogP contribution in [0.3, 0.4) is 0 Å². The predicted octanol–water partition coefficient (Wildman–Crippen LogP) is 3.50. The lowest BCUT2D eigenvalue weighted by Gasteiger charge is -2.34. The molecule has 3 rings (SSSR count). The van der Waals surface area contributed by atoms with Gasteiger partial charge in [-0.1, -0.05) is 18.2 Å². The highest BCUT2D eigenvalue weighted by Crippen LogP contribution is 2.23. The maximum Gasteiger partial charge on any atom is 0.229 e. The molecule has 1 fully saturated rings. The van der Waals surface area contributed by atoms with Crippen LogP contribution in [0.1, 0.15) is 31.2 Å². The van der Waals surface area contributed by atoms with Gasteiger partial charge in [0.2, 0.25) is 5.91 Å². The Hall–Kier alpha value is -2.36. The van der Waals surface area contributed by atoms with E-state index < -0.39 is 0 Å². The molecule has 1 aliphatic rings. The largest absolute Gasteiger partial charge is 0.493 e. The molecule has 24 heavy (non-hydrogen) atoms. The van der Waals surface area contributed by atoms with E-state index in [2.05, 4.69) is 4.98 Å². The standard InChI is InChI=1S/C20H24N2O2/c1-16(18-9-11-21-12-10-18)20(23)22-13-5-6-17(14-22)15-24-19-7-3-2-4-8-19/h2-4,7-12,16-17H,5-6,13-15H2,1H3. The molecule has 0 N–H and O–H groups in total. The molecule has 1 aromatic heterocycles. The van der Waals surface area contributed by atoms with Crippen molar-refractivity contribution in [3.63, 3.8) is 0 Å². The highest BCUT2D eigenvalue weighted by Gasteiger charge is 2.27. The topological polar surface area (TPSA) is 42.4 Å². The van der Waals surface area contributed by atoms with Gasteiger partial charge in [-0.25, -0.2) is 0 Å². The predicted molar refractivity (Wildman–Crippen MR) is 93.9 cm³/mol. The molecule has 0 saturated carbocycles. The van der Waals surface area contributed by atoms with Crippen molar-refractivity contribution in [3.8, 4) is 5.75 Å². The minimum Gasteiger partial charge on any atom is -0.493 e. The summed E-state index contributed by atoms with van der Waals surface area (Å²) in [7, 11) is 0. The van der Waals surface area contributed by atoms with Crippen LogP contribution in [0.25, 0.3) is 0 Å². The normalized spacial score (nSPS) is 18.9. The first-order chi connectivity index (χ1) is 11.7. The summed E-state index contributed by atoms with van der Waals surface area (Å²) in [6.45, 7) is 4.26. The van der Waals surface area contributed by atoms with E-state index in [9.17, 15) is 4.79 Å². The van der Waals surface area contributed by atoms with Crippen LogP contribution in [-0.2, 0) is 4.79 Å². The van der Waals surface area contributed by atoms with E-state index in [0.29, 0.717) is 12.5 Å². The van der Waals surface area contributed by atoms with Crippen LogP contribution in [0.2, 0.25) is 0 Å². The van der Waals surface area contributed by atoms with Gasteiger partial charge in [0.1, 0.15) is 5.75 Å². The van der Waals surface area contributed by atoms with Crippen LogP contribution in [-0.4, -0.2) is 35.5 Å². The number of hydrogen-bond acceptors (Lipinski definition) is 3. The maximum absolute atomic E-state index is 12.8. The average molecular weight is 324 g/mol. The van der Waals surface area contributed by atoms with Gasteiger partial charge in [0.15, 0.2) is 0 Å². The third-order valence-corrected chi connectivity index (χ3v) is 4.64. The fourth-order valence-corrected chi connectivity index (χ4v) is 3.20. The van der Waals surface area contributed by atoms with Crippen molar-refractivity contribution in [2.24, 2.45) is 5.92 Å². The molecule has 1 aliphatic heterocycles. The Morgan fingerprint density at radius 3 is 2.75 bits per heavy atom. The van der Waals surface area contributed by atoms with E-state index in [1.165, 1.54) is 0 Å². The lowest BCUT2D eigenvalue weighted by atomic mass is 9.95. The smallest absolute Gasteiger partial charge is 0.229 e. The van der Waals surface area contributed by atoms with E-state index in [-0.39, 0.29) is 11.8 Å². The highest BCUT2D eigenvalue weighted by atomic mass is 16.5. The molecular weight excluding hydrogens is 300 g/mol. The van der Waals surface area contributed by atoms with Crippen LogP contribution in [0.4, 0.5) is 0 Å². The van der Waals surface area contributed by atoms with Gasteiger partial charge in [-0.2, -0.15) is 0 Å². The quantitative estimate of drug-likeness (QED) is 0.845. The van der Waals surface area contributed by atoms with E-state index >= 15 is 0 Å². The number of piperidine rings is 1. The zero-order valence-electron chi connectivity index (χ0n) is 14.1. The second-order valence-corrected chi connectivity index (χ2v) is 6.42. The molecule has 0 bridgehead atoms.